The number of nitrogens with zero attached hydrogens (tertiary/aromatic N) is 1. The van der Waals surface area contributed by atoms with E-state index in [1.54, 1.807) is 0 Å². The zero-order valence-corrected chi connectivity index (χ0v) is 8.96. The summed E-state index contributed by atoms with van der Waals surface area (Å²) in [4.78, 5) is 4.24. The standard InChI is InChI=1S/C12H18N2/c1-9-5-11(8-14-7-9)12(13-2)6-10-3-4-10/h5,7-8,10,12-13H,3-4,6H2,1-2H3. The highest BCUT2D eigenvalue weighted by molar-refractivity contribution is 5.20. The van der Waals surface area contributed by atoms with Gasteiger partial charge in [0, 0.05) is 18.4 Å². The highest BCUT2D eigenvalue weighted by Gasteiger charge is 2.25. The van der Waals surface area contributed by atoms with Gasteiger partial charge in [-0.05, 0) is 37.4 Å². The third-order valence-corrected chi connectivity index (χ3v) is 2.91. The van der Waals surface area contributed by atoms with Gasteiger partial charge in [-0.3, -0.25) is 4.98 Å². The minimum Gasteiger partial charge on any atom is -0.313 e. The molecule has 0 saturated heterocycles. The fourth-order valence-electron chi connectivity index (χ4n) is 1.88. The summed E-state index contributed by atoms with van der Waals surface area (Å²) in [7, 11) is 2.04. The Morgan fingerprint density at radius 3 is 2.86 bits per heavy atom. The predicted molar refractivity (Wildman–Crippen MR) is 58.1 cm³/mol. The van der Waals surface area contributed by atoms with Crippen molar-refractivity contribution >= 4 is 0 Å². The van der Waals surface area contributed by atoms with Crippen LogP contribution in [0.2, 0.25) is 0 Å². The first-order valence-electron chi connectivity index (χ1n) is 5.38. The van der Waals surface area contributed by atoms with Gasteiger partial charge in [0.2, 0.25) is 0 Å². The van der Waals surface area contributed by atoms with Gasteiger partial charge in [0.05, 0.1) is 0 Å². The van der Waals surface area contributed by atoms with Gasteiger partial charge in [0.15, 0.2) is 0 Å². The number of hydrogen-bond donors (Lipinski definition) is 1. The Balaban J connectivity index is 2.08. The first-order chi connectivity index (χ1) is 6.79. The molecule has 1 aliphatic carbocycles. The molecule has 1 aliphatic rings. The molecule has 1 N–H and O–H groups in total. The molecule has 14 heavy (non-hydrogen) atoms. The normalized spacial score (nSPS) is 18.1. The third-order valence-electron chi connectivity index (χ3n) is 2.91. The number of nitrogens with one attached hydrogen (secondary N) is 1. The van der Waals surface area contributed by atoms with Crippen molar-refractivity contribution < 1.29 is 0 Å². The maximum absolute atomic E-state index is 4.24. The lowest BCUT2D eigenvalue weighted by atomic mass is 10.0. The summed E-state index contributed by atoms with van der Waals surface area (Å²) in [6, 6.07) is 2.73. The SMILES string of the molecule is CNC(CC1CC1)c1cncc(C)c1. The van der Waals surface area contributed by atoms with Gasteiger partial charge in [-0.2, -0.15) is 0 Å². The number of aromatic nitrogens is 1. The van der Waals surface area contributed by atoms with E-state index in [1.807, 2.05) is 19.4 Å². The Hall–Kier alpha value is -0.890. The second-order valence-corrected chi connectivity index (χ2v) is 4.32. The zero-order valence-electron chi connectivity index (χ0n) is 8.96. The van der Waals surface area contributed by atoms with E-state index in [9.17, 15) is 0 Å². The van der Waals surface area contributed by atoms with Crippen molar-refractivity contribution in [1.82, 2.24) is 10.3 Å². The molecule has 1 heterocycles. The average molecular weight is 190 g/mol. The second kappa shape index (κ2) is 4.09. The monoisotopic (exact) mass is 190 g/mol. The molecule has 0 spiro atoms. The van der Waals surface area contributed by atoms with Crippen molar-refractivity contribution in [3.8, 4) is 0 Å². The van der Waals surface area contributed by atoms with E-state index in [-0.39, 0.29) is 0 Å². The Kier molecular flexibility index (Phi) is 2.82. The first-order valence-corrected chi connectivity index (χ1v) is 5.38. The van der Waals surface area contributed by atoms with Crippen molar-refractivity contribution in [3.05, 3.63) is 29.6 Å². The molecule has 0 amide bonds. The Bertz CT molecular complexity index is 305. The lowest BCUT2D eigenvalue weighted by molar-refractivity contribution is 0.513. The quantitative estimate of drug-likeness (QED) is 0.789. The van der Waals surface area contributed by atoms with Crippen molar-refractivity contribution in [1.29, 1.82) is 0 Å². The molecule has 1 atom stereocenters. The minimum atomic E-state index is 0.495. The van der Waals surface area contributed by atoms with Gasteiger partial charge in [-0.1, -0.05) is 18.9 Å². The summed E-state index contributed by atoms with van der Waals surface area (Å²) in [6.45, 7) is 2.10. The van der Waals surface area contributed by atoms with E-state index >= 15 is 0 Å². The lowest BCUT2D eigenvalue weighted by Crippen LogP contribution is -2.17. The molecule has 2 heteroatoms. The van der Waals surface area contributed by atoms with Crippen LogP contribution in [0.1, 0.15) is 36.4 Å². The second-order valence-electron chi connectivity index (χ2n) is 4.32. The Morgan fingerprint density at radius 2 is 2.29 bits per heavy atom. The molecule has 1 fully saturated rings. The molecule has 0 radical (unpaired) electrons. The van der Waals surface area contributed by atoms with Crippen LogP contribution in [0.3, 0.4) is 0 Å². The molecule has 1 unspecified atom stereocenters. The summed E-state index contributed by atoms with van der Waals surface area (Å²) < 4.78 is 0. The van der Waals surface area contributed by atoms with Crippen LogP contribution >= 0.6 is 0 Å². The molecule has 1 saturated carbocycles. The van der Waals surface area contributed by atoms with Crippen LogP contribution in [-0.4, -0.2) is 12.0 Å². The fourth-order valence-corrected chi connectivity index (χ4v) is 1.88. The summed E-state index contributed by atoms with van der Waals surface area (Å²) >= 11 is 0. The number of rotatable bonds is 4. The molecule has 1 aromatic rings. The molecule has 0 aliphatic heterocycles. The lowest BCUT2D eigenvalue weighted by Gasteiger charge is -2.16. The van der Waals surface area contributed by atoms with Crippen molar-refractivity contribution in [2.24, 2.45) is 5.92 Å². The Morgan fingerprint density at radius 1 is 1.50 bits per heavy atom. The topological polar surface area (TPSA) is 24.9 Å². The van der Waals surface area contributed by atoms with E-state index in [4.69, 9.17) is 0 Å². The van der Waals surface area contributed by atoms with Gasteiger partial charge >= 0.3 is 0 Å². The van der Waals surface area contributed by atoms with E-state index in [0.29, 0.717) is 6.04 Å². The Labute approximate surface area is 85.7 Å². The van der Waals surface area contributed by atoms with E-state index in [0.717, 1.165) is 5.92 Å². The van der Waals surface area contributed by atoms with Crippen molar-refractivity contribution in [2.75, 3.05) is 7.05 Å². The summed E-state index contributed by atoms with van der Waals surface area (Å²) in [5.41, 5.74) is 2.58. The first kappa shape index (κ1) is 9.66. The smallest absolute Gasteiger partial charge is 0.0335 e. The largest absolute Gasteiger partial charge is 0.313 e. The van der Waals surface area contributed by atoms with E-state index < -0.39 is 0 Å². The van der Waals surface area contributed by atoms with Crippen LogP contribution < -0.4 is 5.32 Å². The van der Waals surface area contributed by atoms with E-state index in [1.165, 1.54) is 30.4 Å². The van der Waals surface area contributed by atoms with Crippen LogP contribution in [0.5, 0.6) is 0 Å². The molecule has 2 nitrogen and oxygen atoms in total. The zero-order chi connectivity index (χ0) is 9.97. The molecule has 76 valence electrons. The number of hydrogen-bond acceptors (Lipinski definition) is 2. The van der Waals surface area contributed by atoms with Crippen LogP contribution in [0.4, 0.5) is 0 Å². The fraction of sp³-hybridized carbons (Fsp3) is 0.583. The molecular formula is C12H18N2. The van der Waals surface area contributed by atoms with Gasteiger partial charge in [-0.15, -0.1) is 0 Å². The van der Waals surface area contributed by atoms with Crippen LogP contribution in [0.25, 0.3) is 0 Å². The molecule has 0 bridgehead atoms. The number of aryl methyl sites for hydroxylation is 1. The highest BCUT2D eigenvalue weighted by Crippen LogP contribution is 2.37. The molecular weight excluding hydrogens is 172 g/mol. The van der Waals surface area contributed by atoms with E-state index in [2.05, 4.69) is 23.3 Å². The highest BCUT2D eigenvalue weighted by atomic mass is 14.9. The summed E-state index contributed by atoms with van der Waals surface area (Å²) in [5, 5.41) is 3.38. The summed E-state index contributed by atoms with van der Waals surface area (Å²) in [6.07, 6.45) is 7.99. The maximum Gasteiger partial charge on any atom is 0.0335 e. The van der Waals surface area contributed by atoms with Crippen molar-refractivity contribution in [2.45, 2.75) is 32.2 Å². The summed E-state index contributed by atoms with van der Waals surface area (Å²) in [5.74, 6) is 0.952. The average Bonchev–Trinajstić information content (AvgIpc) is 2.98. The van der Waals surface area contributed by atoms with Crippen LogP contribution in [0, 0.1) is 12.8 Å². The maximum atomic E-state index is 4.24. The van der Waals surface area contributed by atoms with Gasteiger partial charge < -0.3 is 5.32 Å². The van der Waals surface area contributed by atoms with Crippen molar-refractivity contribution in [3.63, 3.8) is 0 Å². The number of pyridine rings is 1. The predicted octanol–water partition coefficient (Wildman–Crippen LogP) is 2.45. The van der Waals surface area contributed by atoms with Gasteiger partial charge in [0.1, 0.15) is 0 Å². The molecule has 0 aromatic carbocycles. The molecule has 2 rings (SSSR count). The van der Waals surface area contributed by atoms with Gasteiger partial charge in [0.25, 0.3) is 0 Å². The van der Waals surface area contributed by atoms with Gasteiger partial charge in [-0.25, -0.2) is 0 Å². The third kappa shape index (κ3) is 2.32. The van der Waals surface area contributed by atoms with Crippen LogP contribution in [0.15, 0.2) is 18.5 Å². The minimum absolute atomic E-state index is 0.495. The molecule has 1 aromatic heterocycles. The van der Waals surface area contributed by atoms with Crippen LogP contribution in [-0.2, 0) is 0 Å².